The van der Waals surface area contributed by atoms with E-state index in [1.54, 1.807) is 0 Å². The van der Waals surface area contributed by atoms with Crippen LogP contribution in [0.2, 0.25) is 5.02 Å². The molecule has 1 fully saturated rings. The van der Waals surface area contributed by atoms with E-state index in [1.165, 1.54) is 6.07 Å². The number of nitrogens with two attached hydrogens (primary N) is 1. The van der Waals surface area contributed by atoms with Crippen LogP contribution in [0, 0.1) is 17.6 Å². The maximum absolute atomic E-state index is 14.5. The molecular weight excluding hydrogens is 489 g/mol. The number of primary amides is 1. The first-order chi connectivity index (χ1) is 15.7. The third-order valence-electron chi connectivity index (χ3n) is 5.92. The van der Waals surface area contributed by atoms with Crippen LogP contribution in [0.15, 0.2) is 24.4 Å². The Hall–Kier alpha value is -2.99. The lowest BCUT2D eigenvalue weighted by Gasteiger charge is -2.32. The second kappa shape index (κ2) is 8.99. The van der Waals surface area contributed by atoms with E-state index in [-0.39, 0.29) is 16.9 Å². The number of alkyl halides is 3. The molecular formula is C21H19ClF5N3O4. The summed E-state index contributed by atoms with van der Waals surface area (Å²) in [6.45, 7) is 1.92. The molecule has 1 aromatic heterocycles. The van der Waals surface area contributed by atoms with Gasteiger partial charge in [0.1, 0.15) is 11.8 Å². The van der Waals surface area contributed by atoms with Crippen molar-refractivity contribution in [1.82, 2.24) is 4.98 Å². The lowest BCUT2D eigenvalue weighted by molar-refractivity contribution is -0.272. The summed E-state index contributed by atoms with van der Waals surface area (Å²) < 4.78 is 80.7. The van der Waals surface area contributed by atoms with Crippen molar-refractivity contribution < 1.29 is 41.0 Å². The lowest BCUT2D eigenvalue weighted by Crippen LogP contribution is -2.47. The van der Waals surface area contributed by atoms with Crippen molar-refractivity contribution in [2.75, 3.05) is 12.4 Å². The first-order valence-electron chi connectivity index (χ1n) is 9.75. The van der Waals surface area contributed by atoms with Crippen molar-refractivity contribution in [3.05, 3.63) is 52.3 Å². The van der Waals surface area contributed by atoms with E-state index in [1.807, 2.05) is 0 Å². The van der Waals surface area contributed by atoms with Gasteiger partial charge >= 0.3 is 6.18 Å². The first-order valence-corrected chi connectivity index (χ1v) is 10.1. The van der Waals surface area contributed by atoms with Gasteiger partial charge in [-0.05, 0) is 25.1 Å². The van der Waals surface area contributed by atoms with Gasteiger partial charge in [0.15, 0.2) is 17.2 Å². The summed E-state index contributed by atoms with van der Waals surface area (Å²) >= 11 is 5.75. The van der Waals surface area contributed by atoms with E-state index in [0.717, 1.165) is 39.3 Å². The Bertz CT molecular complexity index is 1150. The third kappa shape index (κ3) is 4.27. The second-order valence-corrected chi connectivity index (χ2v) is 8.26. The molecule has 184 valence electrons. The second-order valence-electron chi connectivity index (χ2n) is 7.85. The van der Waals surface area contributed by atoms with E-state index in [4.69, 9.17) is 26.8 Å². The van der Waals surface area contributed by atoms with Crippen molar-refractivity contribution in [3.63, 3.8) is 0 Å². The Kier molecular flexibility index (Phi) is 6.78. The highest BCUT2D eigenvalue weighted by molar-refractivity contribution is 6.30. The number of pyridine rings is 1. The third-order valence-corrected chi connectivity index (χ3v) is 6.19. The van der Waals surface area contributed by atoms with Gasteiger partial charge in [-0.2, -0.15) is 17.6 Å². The normalized spacial score (nSPS) is 24.7. The van der Waals surface area contributed by atoms with Gasteiger partial charge in [0.05, 0.1) is 12.1 Å². The van der Waals surface area contributed by atoms with Crippen LogP contribution in [-0.4, -0.2) is 41.8 Å². The van der Waals surface area contributed by atoms with Crippen molar-refractivity contribution in [2.45, 2.75) is 37.6 Å². The highest BCUT2D eigenvalue weighted by Gasteiger charge is 2.66. The van der Waals surface area contributed by atoms with E-state index in [0.29, 0.717) is 0 Å². The molecule has 2 aromatic rings. The molecule has 2 amide bonds. The van der Waals surface area contributed by atoms with Gasteiger partial charge in [-0.15, -0.1) is 0 Å². The predicted octanol–water partition coefficient (Wildman–Crippen LogP) is 4.20. The summed E-state index contributed by atoms with van der Waals surface area (Å²) in [7, 11) is 0.996. The van der Waals surface area contributed by atoms with Crippen LogP contribution in [0.5, 0.6) is 5.75 Å². The first kappa shape index (κ1) is 25.6. The van der Waals surface area contributed by atoms with Crippen molar-refractivity contribution in [2.24, 2.45) is 11.7 Å². The van der Waals surface area contributed by atoms with Crippen LogP contribution < -0.4 is 15.8 Å². The fourth-order valence-electron chi connectivity index (χ4n) is 3.93. The van der Waals surface area contributed by atoms with Gasteiger partial charge in [0.2, 0.25) is 5.82 Å². The van der Waals surface area contributed by atoms with Gasteiger partial charge in [0, 0.05) is 29.3 Å². The van der Waals surface area contributed by atoms with Gasteiger partial charge in [0.25, 0.3) is 11.8 Å². The minimum atomic E-state index is -4.93. The standard InChI is InChI=1S/C21H19ClF5N3O4/c1-8-13(10-7-11(22)14(23)15(24)16(10)33-3)17(34-20(8,2)21(25,26)27)19(32)30-9-4-5-29-12(6-9)18(28)31/h4-8,13,17H,1-3H3,(H2,28,31)(H,29,30,32)/t8-,13-,17-,20-/m1/s1. The molecule has 1 aromatic carbocycles. The quantitative estimate of drug-likeness (QED) is 0.466. The Labute approximate surface area is 195 Å². The molecule has 0 aliphatic carbocycles. The van der Waals surface area contributed by atoms with Crippen LogP contribution in [0.1, 0.15) is 35.8 Å². The zero-order valence-corrected chi connectivity index (χ0v) is 18.7. The molecule has 13 heteroatoms. The number of carbonyl (C=O) groups excluding carboxylic acids is 2. The minimum Gasteiger partial charge on any atom is -0.493 e. The molecule has 0 radical (unpaired) electrons. The van der Waals surface area contributed by atoms with E-state index in [2.05, 4.69) is 10.3 Å². The number of benzene rings is 1. The van der Waals surface area contributed by atoms with E-state index >= 15 is 0 Å². The Balaban J connectivity index is 2.12. The average molecular weight is 508 g/mol. The lowest BCUT2D eigenvalue weighted by atomic mass is 9.77. The maximum Gasteiger partial charge on any atom is 0.417 e. The molecule has 3 N–H and O–H groups in total. The molecule has 4 atom stereocenters. The van der Waals surface area contributed by atoms with E-state index < -0.39 is 63.9 Å². The molecule has 0 unspecified atom stereocenters. The summed E-state index contributed by atoms with van der Waals surface area (Å²) in [6, 6.07) is 3.30. The van der Waals surface area contributed by atoms with Crippen LogP contribution in [-0.2, 0) is 9.53 Å². The summed E-state index contributed by atoms with van der Waals surface area (Å²) in [5.74, 6) is -8.53. The molecule has 7 nitrogen and oxygen atoms in total. The molecule has 1 aliphatic heterocycles. The van der Waals surface area contributed by atoms with Crippen molar-refractivity contribution >= 4 is 29.1 Å². The fraction of sp³-hybridized carbons (Fsp3) is 0.381. The van der Waals surface area contributed by atoms with Crippen LogP contribution >= 0.6 is 11.6 Å². The molecule has 0 bridgehead atoms. The monoisotopic (exact) mass is 507 g/mol. The highest BCUT2D eigenvalue weighted by Crippen LogP contribution is 2.55. The number of hydrogen-bond acceptors (Lipinski definition) is 5. The van der Waals surface area contributed by atoms with Gasteiger partial charge in [-0.3, -0.25) is 14.6 Å². The zero-order chi connectivity index (χ0) is 25.6. The molecule has 1 saturated heterocycles. The Morgan fingerprint density at radius 3 is 2.47 bits per heavy atom. The summed E-state index contributed by atoms with van der Waals surface area (Å²) in [6.07, 6.45) is -5.60. The number of amides is 2. The number of halogens is 6. The maximum atomic E-state index is 14.5. The van der Waals surface area contributed by atoms with Crippen LogP contribution in [0.25, 0.3) is 0 Å². The largest absolute Gasteiger partial charge is 0.493 e. The molecule has 0 spiro atoms. The highest BCUT2D eigenvalue weighted by atomic mass is 35.5. The van der Waals surface area contributed by atoms with Crippen LogP contribution in [0.3, 0.4) is 0 Å². The number of carbonyl (C=O) groups is 2. The Morgan fingerprint density at radius 1 is 1.26 bits per heavy atom. The molecule has 0 saturated carbocycles. The number of nitrogens with zero attached hydrogens (tertiary/aromatic N) is 1. The molecule has 34 heavy (non-hydrogen) atoms. The SMILES string of the molecule is COc1c([C@H]2[C@@H](C)[C@](C)(C(F)(F)F)O[C@H]2C(=O)Nc2ccnc(C(N)=O)c2)cc(Cl)c(F)c1F. The topological polar surface area (TPSA) is 104 Å². The van der Waals surface area contributed by atoms with Gasteiger partial charge in [-0.25, -0.2) is 4.39 Å². The Morgan fingerprint density at radius 2 is 1.91 bits per heavy atom. The smallest absolute Gasteiger partial charge is 0.417 e. The number of anilines is 1. The average Bonchev–Trinajstić information content (AvgIpc) is 3.04. The summed E-state index contributed by atoms with van der Waals surface area (Å²) in [5, 5.41) is 1.64. The molecule has 2 heterocycles. The van der Waals surface area contributed by atoms with Gasteiger partial charge < -0.3 is 20.5 Å². The zero-order valence-electron chi connectivity index (χ0n) is 18.0. The predicted molar refractivity (Wildman–Crippen MR) is 111 cm³/mol. The molecule has 1 aliphatic rings. The molecule has 3 rings (SSSR count). The summed E-state index contributed by atoms with van der Waals surface area (Å²) in [5.41, 5.74) is 1.83. The fourth-order valence-corrected chi connectivity index (χ4v) is 4.13. The number of rotatable bonds is 5. The van der Waals surface area contributed by atoms with Crippen molar-refractivity contribution in [1.29, 1.82) is 0 Å². The number of aromatic nitrogens is 1. The number of ether oxygens (including phenoxy) is 2. The summed E-state index contributed by atoms with van der Waals surface area (Å²) in [4.78, 5) is 28.1. The van der Waals surface area contributed by atoms with E-state index in [9.17, 15) is 31.5 Å². The number of hydrogen-bond donors (Lipinski definition) is 2. The van der Waals surface area contributed by atoms with Crippen LogP contribution in [0.4, 0.5) is 27.6 Å². The van der Waals surface area contributed by atoms with Crippen molar-refractivity contribution in [3.8, 4) is 5.75 Å². The minimum absolute atomic E-state index is 0.000279. The number of methoxy groups -OCH3 is 1. The van der Waals surface area contributed by atoms with Gasteiger partial charge in [-0.1, -0.05) is 18.5 Å². The number of nitrogens with one attached hydrogen (secondary N) is 1.